The van der Waals surface area contributed by atoms with E-state index in [-0.39, 0.29) is 12.8 Å². The first-order chi connectivity index (χ1) is 6.83. The monoisotopic (exact) mass is 226 g/mol. The Morgan fingerprint density at radius 2 is 1.87 bits per heavy atom. The lowest BCUT2D eigenvalue weighted by atomic mass is 9.92. The summed E-state index contributed by atoms with van der Waals surface area (Å²) in [6.45, 7) is 4.82. The van der Waals surface area contributed by atoms with Gasteiger partial charge in [0, 0.05) is 6.42 Å². The van der Waals surface area contributed by atoms with Crippen molar-refractivity contribution in [2.24, 2.45) is 0 Å². The Morgan fingerprint density at radius 3 is 2.20 bits per heavy atom. The first kappa shape index (κ1) is 12.3. The molecule has 0 aromatic heterocycles. The maximum Gasteiger partial charge on any atom is 0.348 e. The predicted molar refractivity (Wildman–Crippen MR) is 48.0 cm³/mol. The van der Waals surface area contributed by atoms with Gasteiger partial charge in [-0.1, -0.05) is 19.9 Å². The van der Waals surface area contributed by atoms with E-state index in [9.17, 15) is 17.6 Å². The molecular formula is C10H14F4O. The van der Waals surface area contributed by atoms with Crippen molar-refractivity contribution >= 4 is 0 Å². The van der Waals surface area contributed by atoms with E-state index < -0.39 is 23.9 Å². The third kappa shape index (κ3) is 1.62. The standard InChI is InChI=1S/C10H14F4O/c1-3-5-8(15-4-2)6-7-9(11,12)10(8,13)14/h4H,2-3,5-7H2,1H3. The van der Waals surface area contributed by atoms with Crippen LogP contribution in [0.4, 0.5) is 17.6 Å². The van der Waals surface area contributed by atoms with Gasteiger partial charge < -0.3 is 4.74 Å². The maximum absolute atomic E-state index is 13.5. The number of hydrogen-bond donors (Lipinski definition) is 0. The van der Waals surface area contributed by atoms with Crippen LogP contribution in [0, 0.1) is 0 Å². The third-order valence-corrected chi connectivity index (χ3v) is 2.84. The molecule has 5 heteroatoms. The molecule has 0 aromatic rings. The van der Waals surface area contributed by atoms with Gasteiger partial charge in [-0.05, 0) is 12.8 Å². The minimum atomic E-state index is -4.12. The molecule has 0 amide bonds. The van der Waals surface area contributed by atoms with E-state index >= 15 is 0 Å². The lowest BCUT2D eigenvalue weighted by Crippen LogP contribution is -2.52. The molecule has 1 unspecified atom stereocenters. The number of alkyl halides is 4. The Bertz CT molecular complexity index is 252. The summed E-state index contributed by atoms with van der Waals surface area (Å²) in [6.07, 6.45) is -0.0905. The molecule has 0 radical (unpaired) electrons. The summed E-state index contributed by atoms with van der Waals surface area (Å²) >= 11 is 0. The van der Waals surface area contributed by atoms with Crippen LogP contribution in [-0.2, 0) is 4.74 Å². The highest BCUT2D eigenvalue weighted by Gasteiger charge is 2.74. The fraction of sp³-hybridized carbons (Fsp3) is 0.800. The van der Waals surface area contributed by atoms with Crippen molar-refractivity contribution in [3.05, 3.63) is 12.8 Å². The molecule has 0 heterocycles. The summed E-state index contributed by atoms with van der Waals surface area (Å²) < 4.78 is 57.7. The van der Waals surface area contributed by atoms with Gasteiger partial charge in [-0.25, -0.2) is 0 Å². The second-order valence-corrected chi connectivity index (χ2v) is 3.81. The minimum absolute atomic E-state index is 0.0956. The quantitative estimate of drug-likeness (QED) is 0.524. The van der Waals surface area contributed by atoms with E-state index in [2.05, 4.69) is 6.58 Å². The molecule has 0 aromatic carbocycles. The molecule has 1 fully saturated rings. The average Bonchev–Trinajstić information content (AvgIpc) is 2.29. The third-order valence-electron chi connectivity index (χ3n) is 2.84. The lowest BCUT2D eigenvalue weighted by Gasteiger charge is -2.35. The van der Waals surface area contributed by atoms with Crippen LogP contribution in [-0.4, -0.2) is 17.4 Å². The van der Waals surface area contributed by atoms with Crippen LogP contribution in [0.2, 0.25) is 0 Å². The summed E-state index contributed by atoms with van der Waals surface area (Å²) in [5.41, 5.74) is -2.08. The Morgan fingerprint density at radius 1 is 1.27 bits per heavy atom. The second-order valence-electron chi connectivity index (χ2n) is 3.81. The van der Waals surface area contributed by atoms with Crippen LogP contribution in [0.15, 0.2) is 12.8 Å². The Hall–Kier alpha value is -0.740. The van der Waals surface area contributed by atoms with Gasteiger partial charge in [-0.3, -0.25) is 0 Å². The molecule has 0 saturated heterocycles. The summed E-state index contributed by atoms with van der Waals surface area (Å²) in [6, 6.07) is 0. The van der Waals surface area contributed by atoms with Crippen molar-refractivity contribution in [1.82, 2.24) is 0 Å². The molecule has 0 bridgehead atoms. The van der Waals surface area contributed by atoms with Crippen LogP contribution in [0.3, 0.4) is 0 Å². The predicted octanol–water partition coefficient (Wildman–Crippen LogP) is 3.75. The molecule has 0 aliphatic heterocycles. The van der Waals surface area contributed by atoms with Gasteiger partial charge in [0.05, 0.1) is 6.26 Å². The van der Waals surface area contributed by atoms with E-state index in [4.69, 9.17) is 4.74 Å². The van der Waals surface area contributed by atoms with Crippen LogP contribution >= 0.6 is 0 Å². The minimum Gasteiger partial charge on any atom is -0.489 e. The zero-order chi connectivity index (χ0) is 11.7. The van der Waals surface area contributed by atoms with Gasteiger partial charge in [-0.2, -0.15) is 17.6 Å². The van der Waals surface area contributed by atoms with Gasteiger partial charge in [-0.15, -0.1) is 0 Å². The number of hydrogen-bond acceptors (Lipinski definition) is 1. The van der Waals surface area contributed by atoms with Gasteiger partial charge in [0.15, 0.2) is 5.60 Å². The largest absolute Gasteiger partial charge is 0.489 e. The number of halogens is 4. The summed E-state index contributed by atoms with van der Waals surface area (Å²) in [5, 5.41) is 0. The highest BCUT2D eigenvalue weighted by Crippen LogP contribution is 2.57. The Labute approximate surface area is 86.1 Å². The smallest absolute Gasteiger partial charge is 0.348 e. The van der Waals surface area contributed by atoms with Gasteiger partial charge in [0.25, 0.3) is 0 Å². The summed E-state index contributed by atoms with van der Waals surface area (Å²) in [5.74, 6) is -8.10. The van der Waals surface area contributed by atoms with Crippen LogP contribution < -0.4 is 0 Å². The Kier molecular flexibility index (Phi) is 3.03. The summed E-state index contributed by atoms with van der Waals surface area (Å²) in [7, 11) is 0. The van der Waals surface area contributed by atoms with E-state index in [0.29, 0.717) is 6.42 Å². The topological polar surface area (TPSA) is 9.23 Å². The molecule has 1 aliphatic rings. The average molecular weight is 226 g/mol. The zero-order valence-corrected chi connectivity index (χ0v) is 8.53. The van der Waals surface area contributed by atoms with Crippen molar-refractivity contribution in [2.45, 2.75) is 50.1 Å². The van der Waals surface area contributed by atoms with Crippen LogP contribution in [0.5, 0.6) is 0 Å². The van der Waals surface area contributed by atoms with Gasteiger partial charge >= 0.3 is 11.8 Å². The van der Waals surface area contributed by atoms with Crippen LogP contribution in [0.1, 0.15) is 32.6 Å². The molecular weight excluding hydrogens is 212 g/mol. The molecule has 1 aliphatic carbocycles. The van der Waals surface area contributed by atoms with Crippen molar-refractivity contribution in [2.75, 3.05) is 0 Å². The van der Waals surface area contributed by atoms with Crippen molar-refractivity contribution < 1.29 is 22.3 Å². The molecule has 15 heavy (non-hydrogen) atoms. The fourth-order valence-corrected chi connectivity index (χ4v) is 2.04. The van der Waals surface area contributed by atoms with Gasteiger partial charge in [0.1, 0.15) is 0 Å². The first-order valence-corrected chi connectivity index (χ1v) is 4.87. The SMILES string of the molecule is C=COC1(CCC)CCC(F)(F)C1(F)F. The first-order valence-electron chi connectivity index (χ1n) is 4.87. The maximum atomic E-state index is 13.5. The van der Waals surface area contributed by atoms with E-state index in [1.165, 1.54) is 0 Å². The molecule has 0 N–H and O–H groups in total. The van der Waals surface area contributed by atoms with E-state index in [0.717, 1.165) is 6.26 Å². The molecule has 0 spiro atoms. The highest BCUT2D eigenvalue weighted by atomic mass is 19.3. The molecule has 1 saturated carbocycles. The molecule has 1 rings (SSSR count). The fourth-order valence-electron chi connectivity index (χ4n) is 2.04. The normalized spacial score (nSPS) is 32.6. The van der Waals surface area contributed by atoms with E-state index in [1.807, 2.05) is 0 Å². The van der Waals surface area contributed by atoms with E-state index in [1.54, 1.807) is 6.92 Å². The van der Waals surface area contributed by atoms with Gasteiger partial charge in [0.2, 0.25) is 0 Å². The van der Waals surface area contributed by atoms with Crippen molar-refractivity contribution in [3.63, 3.8) is 0 Å². The Balaban J connectivity index is 3.04. The second kappa shape index (κ2) is 3.68. The van der Waals surface area contributed by atoms with Crippen molar-refractivity contribution in [3.8, 4) is 0 Å². The summed E-state index contributed by atoms with van der Waals surface area (Å²) in [4.78, 5) is 0. The molecule has 88 valence electrons. The molecule has 1 nitrogen and oxygen atoms in total. The zero-order valence-electron chi connectivity index (χ0n) is 8.53. The highest BCUT2D eigenvalue weighted by molar-refractivity contribution is 5.10. The van der Waals surface area contributed by atoms with Crippen LogP contribution in [0.25, 0.3) is 0 Å². The number of ether oxygens (including phenoxy) is 1. The number of rotatable bonds is 4. The molecule has 1 atom stereocenters. The van der Waals surface area contributed by atoms with Crippen molar-refractivity contribution in [1.29, 1.82) is 0 Å². The lowest BCUT2D eigenvalue weighted by molar-refractivity contribution is -0.258.